The molecule has 0 unspecified atom stereocenters. The van der Waals surface area contributed by atoms with E-state index in [9.17, 15) is 14.4 Å². The van der Waals surface area contributed by atoms with Crippen molar-refractivity contribution in [3.63, 3.8) is 0 Å². The van der Waals surface area contributed by atoms with Gasteiger partial charge in [0.25, 0.3) is 5.91 Å². The van der Waals surface area contributed by atoms with Gasteiger partial charge in [-0.15, -0.1) is 0 Å². The summed E-state index contributed by atoms with van der Waals surface area (Å²) >= 11 is 0. The minimum absolute atomic E-state index is 0.0707. The van der Waals surface area contributed by atoms with Crippen LogP contribution >= 0.6 is 0 Å². The maximum Gasteiger partial charge on any atom is 0.336 e. The van der Waals surface area contributed by atoms with E-state index in [-0.39, 0.29) is 23.7 Å². The third-order valence-electron chi connectivity index (χ3n) is 2.60. The monoisotopic (exact) mass is 322 g/mol. The minimum atomic E-state index is -0.596. The van der Waals surface area contributed by atoms with Crippen molar-refractivity contribution >= 4 is 17.8 Å². The van der Waals surface area contributed by atoms with Gasteiger partial charge in [-0.25, -0.2) is 15.2 Å². The molecule has 0 aliphatic rings. The van der Waals surface area contributed by atoms with Crippen LogP contribution in [0.2, 0.25) is 0 Å². The van der Waals surface area contributed by atoms with Gasteiger partial charge in [-0.1, -0.05) is 0 Å². The van der Waals surface area contributed by atoms with Gasteiger partial charge in [0.2, 0.25) is 5.91 Å². The third kappa shape index (κ3) is 6.72. The molecule has 3 N–H and O–H groups in total. The van der Waals surface area contributed by atoms with Crippen LogP contribution in [0, 0.1) is 0 Å². The van der Waals surface area contributed by atoms with E-state index in [2.05, 4.69) is 26.1 Å². The number of nitrogens with zero attached hydrogens (tertiary/aromatic N) is 3. The SMILES string of the molecule is CCN(CC(=O)NC(C)(C)C)C(=O)NNC(=O)c1cnccn1. The van der Waals surface area contributed by atoms with Gasteiger partial charge < -0.3 is 10.2 Å². The number of hydrogen-bond donors (Lipinski definition) is 3. The number of aromatic nitrogens is 2. The number of carbonyl (C=O) groups is 3. The van der Waals surface area contributed by atoms with Crippen molar-refractivity contribution in [2.45, 2.75) is 33.2 Å². The molecule has 0 aliphatic heterocycles. The fraction of sp³-hybridized carbons (Fsp3) is 0.500. The topological polar surface area (TPSA) is 116 Å². The molecule has 23 heavy (non-hydrogen) atoms. The second-order valence-electron chi connectivity index (χ2n) is 5.79. The van der Waals surface area contributed by atoms with Gasteiger partial charge in [-0.3, -0.25) is 20.0 Å². The number of rotatable bonds is 4. The molecule has 1 aromatic rings. The van der Waals surface area contributed by atoms with Crippen LogP contribution in [0.5, 0.6) is 0 Å². The van der Waals surface area contributed by atoms with Gasteiger partial charge in [0.05, 0.1) is 6.20 Å². The van der Waals surface area contributed by atoms with E-state index in [1.165, 1.54) is 23.5 Å². The van der Waals surface area contributed by atoms with Gasteiger partial charge >= 0.3 is 6.03 Å². The molecular formula is C14H22N6O3. The maximum atomic E-state index is 12.0. The van der Waals surface area contributed by atoms with Crippen LogP contribution in [0.1, 0.15) is 38.2 Å². The number of nitrogens with one attached hydrogen (secondary N) is 3. The lowest BCUT2D eigenvalue weighted by atomic mass is 10.1. The molecule has 0 atom stereocenters. The highest BCUT2D eigenvalue weighted by atomic mass is 16.2. The van der Waals surface area contributed by atoms with E-state index in [4.69, 9.17) is 0 Å². The van der Waals surface area contributed by atoms with Crippen LogP contribution in [-0.2, 0) is 4.79 Å². The summed E-state index contributed by atoms with van der Waals surface area (Å²) < 4.78 is 0. The molecule has 126 valence electrons. The number of hydrogen-bond acceptors (Lipinski definition) is 5. The summed E-state index contributed by atoms with van der Waals surface area (Å²) in [7, 11) is 0. The molecule has 1 rings (SSSR count). The molecular weight excluding hydrogens is 300 g/mol. The Hall–Kier alpha value is -2.71. The lowest BCUT2D eigenvalue weighted by Gasteiger charge is -2.25. The fourth-order valence-electron chi connectivity index (χ4n) is 1.63. The van der Waals surface area contributed by atoms with E-state index < -0.39 is 11.9 Å². The molecule has 4 amide bonds. The fourth-order valence-corrected chi connectivity index (χ4v) is 1.63. The van der Waals surface area contributed by atoms with Crippen LogP contribution < -0.4 is 16.2 Å². The Morgan fingerprint density at radius 2 is 1.87 bits per heavy atom. The average Bonchev–Trinajstić information content (AvgIpc) is 2.49. The third-order valence-corrected chi connectivity index (χ3v) is 2.60. The smallest absolute Gasteiger partial charge is 0.336 e. The van der Waals surface area contributed by atoms with Crippen LogP contribution in [0.25, 0.3) is 0 Å². The molecule has 1 aromatic heterocycles. The molecule has 9 nitrogen and oxygen atoms in total. The van der Waals surface area contributed by atoms with Crippen LogP contribution in [0.15, 0.2) is 18.6 Å². The number of amides is 4. The molecule has 0 bridgehead atoms. The van der Waals surface area contributed by atoms with E-state index in [0.717, 1.165) is 0 Å². The number of carbonyl (C=O) groups excluding carboxylic acids is 3. The number of hydrazine groups is 1. The Labute approximate surface area is 134 Å². The standard InChI is InChI=1S/C14H22N6O3/c1-5-20(9-11(21)17-14(2,3)4)13(23)19-18-12(22)10-8-15-6-7-16-10/h6-8H,5,9H2,1-4H3,(H,17,21)(H,18,22)(H,19,23). The first-order valence-corrected chi connectivity index (χ1v) is 7.15. The lowest BCUT2D eigenvalue weighted by molar-refractivity contribution is -0.123. The maximum absolute atomic E-state index is 12.0. The summed E-state index contributed by atoms with van der Waals surface area (Å²) in [4.78, 5) is 44.4. The summed E-state index contributed by atoms with van der Waals surface area (Å²) in [6, 6.07) is -0.589. The second-order valence-corrected chi connectivity index (χ2v) is 5.79. The van der Waals surface area contributed by atoms with Crippen molar-refractivity contribution in [2.24, 2.45) is 0 Å². The molecule has 0 fully saturated rings. The molecule has 0 saturated carbocycles. The van der Waals surface area contributed by atoms with Gasteiger partial charge in [0, 0.05) is 24.5 Å². The Morgan fingerprint density at radius 1 is 1.17 bits per heavy atom. The van der Waals surface area contributed by atoms with Gasteiger partial charge in [-0.05, 0) is 27.7 Å². The quantitative estimate of drug-likeness (QED) is 0.678. The Morgan fingerprint density at radius 3 is 2.39 bits per heavy atom. The molecule has 9 heteroatoms. The van der Waals surface area contributed by atoms with Crippen molar-refractivity contribution in [3.8, 4) is 0 Å². The largest absolute Gasteiger partial charge is 0.350 e. The van der Waals surface area contributed by atoms with Crippen LogP contribution in [0.4, 0.5) is 4.79 Å². The molecule has 0 aliphatic carbocycles. The summed E-state index contributed by atoms with van der Waals surface area (Å²) in [6.07, 6.45) is 4.07. The number of urea groups is 1. The van der Waals surface area contributed by atoms with Crippen molar-refractivity contribution < 1.29 is 14.4 Å². The first-order chi connectivity index (χ1) is 10.7. The lowest BCUT2D eigenvalue weighted by Crippen LogP contribution is -2.53. The molecule has 1 heterocycles. The zero-order chi connectivity index (χ0) is 17.5. The summed E-state index contributed by atoms with van der Waals surface area (Å²) in [5.41, 5.74) is 4.15. The van der Waals surface area contributed by atoms with Gasteiger partial charge in [0.15, 0.2) is 0 Å². The van der Waals surface area contributed by atoms with E-state index >= 15 is 0 Å². The Bertz CT molecular complexity index is 555. The predicted molar refractivity (Wildman–Crippen MR) is 83.2 cm³/mol. The molecule has 0 aromatic carbocycles. The van der Waals surface area contributed by atoms with Gasteiger partial charge in [-0.2, -0.15) is 0 Å². The normalized spacial score (nSPS) is 10.6. The van der Waals surface area contributed by atoms with Gasteiger partial charge in [0.1, 0.15) is 12.2 Å². The molecule has 0 spiro atoms. The highest BCUT2D eigenvalue weighted by Crippen LogP contribution is 1.99. The van der Waals surface area contributed by atoms with E-state index in [1.807, 2.05) is 20.8 Å². The van der Waals surface area contributed by atoms with Crippen molar-refractivity contribution in [2.75, 3.05) is 13.1 Å². The Kier molecular flexibility index (Phi) is 6.43. The first-order valence-electron chi connectivity index (χ1n) is 7.15. The first kappa shape index (κ1) is 18.3. The van der Waals surface area contributed by atoms with E-state index in [1.54, 1.807) is 6.92 Å². The predicted octanol–water partition coefficient (Wildman–Crippen LogP) is 0.0676. The number of likely N-dealkylation sites (N-methyl/N-ethyl adjacent to an activating group) is 1. The van der Waals surface area contributed by atoms with Crippen molar-refractivity contribution in [3.05, 3.63) is 24.3 Å². The van der Waals surface area contributed by atoms with Crippen molar-refractivity contribution in [1.82, 2.24) is 31.0 Å². The molecule has 0 radical (unpaired) electrons. The zero-order valence-corrected chi connectivity index (χ0v) is 13.7. The highest BCUT2D eigenvalue weighted by Gasteiger charge is 2.19. The minimum Gasteiger partial charge on any atom is -0.350 e. The summed E-state index contributed by atoms with van der Waals surface area (Å²) in [5, 5.41) is 2.76. The zero-order valence-electron chi connectivity index (χ0n) is 13.7. The second kappa shape index (κ2) is 8.06. The molecule has 0 saturated heterocycles. The van der Waals surface area contributed by atoms with E-state index in [0.29, 0.717) is 6.54 Å². The Balaban J connectivity index is 2.51. The highest BCUT2D eigenvalue weighted by molar-refractivity contribution is 5.93. The van der Waals surface area contributed by atoms with Crippen LogP contribution in [0.3, 0.4) is 0 Å². The summed E-state index contributed by atoms with van der Waals surface area (Å²) in [6.45, 7) is 7.48. The van der Waals surface area contributed by atoms with Crippen molar-refractivity contribution in [1.29, 1.82) is 0 Å². The average molecular weight is 322 g/mol. The van der Waals surface area contributed by atoms with Crippen LogP contribution in [-0.4, -0.2) is 51.3 Å². The summed E-state index contributed by atoms with van der Waals surface area (Å²) in [5.74, 6) is -0.878.